The summed E-state index contributed by atoms with van der Waals surface area (Å²) in [6.07, 6.45) is 0. The van der Waals surface area contributed by atoms with Gasteiger partial charge in [0.1, 0.15) is 11.5 Å². The highest BCUT2D eigenvalue weighted by atomic mass is 79.9. The lowest BCUT2D eigenvalue weighted by atomic mass is 10.1. The van der Waals surface area contributed by atoms with E-state index >= 15 is 0 Å². The van der Waals surface area contributed by atoms with Crippen molar-refractivity contribution in [1.82, 2.24) is 14.8 Å². The number of nitrogens with one attached hydrogen (secondary N) is 1. The summed E-state index contributed by atoms with van der Waals surface area (Å²) in [5, 5.41) is 4.31. The van der Waals surface area contributed by atoms with Crippen LogP contribution in [0, 0.1) is 0 Å². The molecule has 2 aromatic heterocycles. The maximum atomic E-state index is 11.1. The summed E-state index contributed by atoms with van der Waals surface area (Å²) in [5.74, 6) is 0.0716. The van der Waals surface area contributed by atoms with E-state index in [9.17, 15) is 4.79 Å². The summed E-state index contributed by atoms with van der Waals surface area (Å²) in [5.41, 5.74) is 8.51. The van der Waals surface area contributed by atoms with Crippen molar-refractivity contribution in [3.05, 3.63) is 33.2 Å². The van der Waals surface area contributed by atoms with Gasteiger partial charge in [0.25, 0.3) is 0 Å². The van der Waals surface area contributed by atoms with Gasteiger partial charge in [-0.25, -0.2) is 4.79 Å². The maximum absolute atomic E-state index is 11.1. The second-order valence-electron chi connectivity index (χ2n) is 3.90. The van der Waals surface area contributed by atoms with Crippen LogP contribution >= 0.6 is 15.9 Å². The van der Waals surface area contributed by atoms with Gasteiger partial charge in [0.15, 0.2) is 5.58 Å². The SMILES string of the molecule is Cn1nc(-c2ccc3[nH]c(=O)oc3c2)c(Br)c1N. The Morgan fingerprint density at radius 2 is 2.28 bits per heavy atom. The highest BCUT2D eigenvalue weighted by Crippen LogP contribution is 2.32. The molecule has 0 saturated carbocycles. The van der Waals surface area contributed by atoms with Gasteiger partial charge in [-0.15, -0.1) is 0 Å². The summed E-state index contributed by atoms with van der Waals surface area (Å²) in [4.78, 5) is 13.7. The van der Waals surface area contributed by atoms with E-state index in [1.165, 1.54) is 0 Å². The minimum Gasteiger partial charge on any atom is -0.408 e. The van der Waals surface area contributed by atoms with Crippen molar-refractivity contribution in [3.63, 3.8) is 0 Å². The molecule has 0 atom stereocenters. The van der Waals surface area contributed by atoms with E-state index in [1.807, 2.05) is 6.07 Å². The third-order valence-corrected chi connectivity index (χ3v) is 3.51. The summed E-state index contributed by atoms with van der Waals surface area (Å²) >= 11 is 3.40. The molecule has 6 nitrogen and oxygen atoms in total. The average molecular weight is 309 g/mol. The molecular weight excluding hydrogens is 300 g/mol. The first kappa shape index (κ1) is 11.1. The number of aromatic nitrogens is 3. The fourth-order valence-corrected chi connectivity index (χ4v) is 2.35. The molecule has 0 aliphatic rings. The normalized spacial score (nSPS) is 11.2. The number of aromatic amines is 1. The second-order valence-corrected chi connectivity index (χ2v) is 4.69. The number of H-pyrrole nitrogens is 1. The average Bonchev–Trinajstić information content (AvgIpc) is 2.82. The Morgan fingerprint density at radius 1 is 1.50 bits per heavy atom. The number of halogens is 1. The number of hydrogen-bond acceptors (Lipinski definition) is 4. The Labute approximate surface area is 110 Å². The molecule has 3 rings (SSSR count). The van der Waals surface area contributed by atoms with Gasteiger partial charge in [-0.3, -0.25) is 9.67 Å². The molecule has 0 aliphatic carbocycles. The predicted molar refractivity (Wildman–Crippen MR) is 71.1 cm³/mol. The lowest BCUT2D eigenvalue weighted by molar-refractivity contribution is 0.555. The number of benzene rings is 1. The van der Waals surface area contributed by atoms with Crippen molar-refractivity contribution < 1.29 is 4.42 Å². The molecule has 1 aromatic carbocycles. The van der Waals surface area contributed by atoms with Crippen molar-refractivity contribution in [2.45, 2.75) is 0 Å². The van der Waals surface area contributed by atoms with E-state index in [0.717, 1.165) is 10.0 Å². The van der Waals surface area contributed by atoms with Gasteiger partial charge in [-0.2, -0.15) is 5.10 Å². The Bertz CT molecular complexity index is 799. The van der Waals surface area contributed by atoms with Crippen LogP contribution in [0.3, 0.4) is 0 Å². The number of nitrogens with two attached hydrogens (primary N) is 1. The number of aryl methyl sites for hydroxylation is 1. The molecule has 0 spiro atoms. The van der Waals surface area contributed by atoms with Crippen molar-refractivity contribution in [3.8, 4) is 11.3 Å². The van der Waals surface area contributed by atoms with Crippen molar-refractivity contribution in [1.29, 1.82) is 0 Å². The van der Waals surface area contributed by atoms with Gasteiger partial charge in [0, 0.05) is 12.6 Å². The Balaban J connectivity index is 2.24. The lowest BCUT2D eigenvalue weighted by Crippen LogP contribution is -1.97. The van der Waals surface area contributed by atoms with E-state index in [4.69, 9.17) is 10.2 Å². The first-order valence-electron chi connectivity index (χ1n) is 5.17. The van der Waals surface area contributed by atoms with E-state index in [0.29, 0.717) is 22.6 Å². The number of hydrogen-bond donors (Lipinski definition) is 2. The van der Waals surface area contributed by atoms with Crippen molar-refractivity contribution in [2.24, 2.45) is 7.05 Å². The molecule has 0 bridgehead atoms. The Kier molecular flexibility index (Phi) is 2.30. The quantitative estimate of drug-likeness (QED) is 0.718. The van der Waals surface area contributed by atoms with Crippen LogP contribution in [-0.4, -0.2) is 14.8 Å². The Hall–Kier alpha value is -2.02. The van der Waals surface area contributed by atoms with Gasteiger partial charge in [0.2, 0.25) is 0 Å². The van der Waals surface area contributed by atoms with Crippen LogP contribution in [0.25, 0.3) is 22.4 Å². The molecule has 0 radical (unpaired) electrons. The van der Waals surface area contributed by atoms with Crippen LogP contribution in [0.1, 0.15) is 0 Å². The maximum Gasteiger partial charge on any atom is 0.417 e. The summed E-state index contributed by atoms with van der Waals surface area (Å²) in [7, 11) is 1.76. The highest BCUT2D eigenvalue weighted by molar-refractivity contribution is 9.10. The molecule has 18 heavy (non-hydrogen) atoms. The molecule has 2 heterocycles. The smallest absolute Gasteiger partial charge is 0.408 e. The number of anilines is 1. The van der Waals surface area contributed by atoms with Gasteiger partial charge in [-0.05, 0) is 28.1 Å². The van der Waals surface area contributed by atoms with E-state index in [2.05, 4.69) is 26.0 Å². The fourth-order valence-electron chi connectivity index (χ4n) is 1.79. The second kappa shape index (κ2) is 3.74. The van der Waals surface area contributed by atoms with Crippen LogP contribution in [0.5, 0.6) is 0 Å². The molecule has 0 amide bonds. The highest BCUT2D eigenvalue weighted by Gasteiger charge is 2.14. The molecular formula is C11H9BrN4O2. The standard InChI is InChI=1S/C11H9BrN4O2/c1-16-10(13)8(12)9(15-16)5-2-3-6-7(4-5)18-11(17)14-6/h2-4H,13H2,1H3,(H,14,17). The molecule has 3 N–H and O–H groups in total. The third kappa shape index (κ3) is 1.55. The molecule has 0 unspecified atom stereocenters. The van der Waals surface area contributed by atoms with Crippen LogP contribution in [0.4, 0.5) is 5.82 Å². The van der Waals surface area contributed by atoms with Crippen molar-refractivity contribution in [2.75, 3.05) is 5.73 Å². The van der Waals surface area contributed by atoms with Gasteiger partial charge < -0.3 is 10.2 Å². The largest absolute Gasteiger partial charge is 0.417 e. The zero-order valence-corrected chi connectivity index (χ0v) is 11.0. The van der Waals surface area contributed by atoms with Crippen molar-refractivity contribution >= 4 is 32.8 Å². The van der Waals surface area contributed by atoms with Crippen LogP contribution < -0.4 is 11.5 Å². The summed E-state index contributed by atoms with van der Waals surface area (Å²) in [6, 6.07) is 5.37. The summed E-state index contributed by atoms with van der Waals surface area (Å²) < 4.78 is 7.32. The van der Waals surface area contributed by atoms with E-state index < -0.39 is 5.76 Å². The molecule has 7 heteroatoms. The van der Waals surface area contributed by atoms with Crippen LogP contribution in [0.15, 0.2) is 31.9 Å². The lowest BCUT2D eigenvalue weighted by Gasteiger charge is -1.97. The molecule has 3 aromatic rings. The number of nitrogen functional groups attached to an aromatic ring is 1. The summed E-state index contributed by atoms with van der Waals surface area (Å²) in [6.45, 7) is 0. The van der Waals surface area contributed by atoms with Gasteiger partial charge in [-0.1, -0.05) is 6.07 Å². The number of oxazole rings is 1. The fraction of sp³-hybridized carbons (Fsp3) is 0.0909. The zero-order valence-electron chi connectivity index (χ0n) is 9.40. The zero-order chi connectivity index (χ0) is 12.9. The van der Waals surface area contributed by atoms with E-state index in [1.54, 1.807) is 23.9 Å². The molecule has 0 fully saturated rings. The minimum atomic E-state index is -0.471. The first-order chi connectivity index (χ1) is 8.56. The first-order valence-corrected chi connectivity index (χ1v) is 5.97. The van der Waals surface area contributed by atoms with Crippen LogP contribution in [-0.2, 0) is 7.05 Å². The molecule has 0 saturated heterocycles. The van der Waals surface area contributed by atoms with Crippen LogP contribution in [0.2, 0.25) is 0 Å². The van der Waals surface area contributed by atoms with Gasteiger partial charge >= 0.3 is 5.76 Å². The van der Waals surface area contributed by atoms with E-state index in [-0.39, 0.29) is 0 Å². The third-order valence-electron chi connectivity index (χ3n) is 2.73. The Morgan fingerprint density at radius 3 is 2.94 bits per heavy atom. The van der Waals surface area contributed by atoms with Gasteiger partial charge in [0.05, 0.1) is 9.99 Å². The predicted octanol–water partition coefficient (Wildman–Crippen LogP) is 1.87. The minimum absolute atomic E-state index is 0.471. The number of nitrogens with zero attached hydrogens (tertiary/aromatic N) is 2. The molecule has 92 valence electrons. The topological polar surface area (TPSA) is 89.8 Å². The molecule has 0 aliphatic heterocycles. The number of fused-ring (bicyclic) bond motifs is 1. The number of rotatable bonds is 1. The monoisotopic (exact) mass is 308 g/mol.